The predicted molar refractivity (Wildman–Crippen MR) is 132 cm³/mol. The van der Waals surface area contributed by atoms with Gasteiger partial charge in [0.15, 0.2) is 12.4 Å². The number of fused-ring (bicyclic) bond motifs is 1. The number of halogens is 1. The fourth-order valence-electron chi connectivity index (χ4n) is 3.64. The van der Waals surface area contributed by atoms with Gasteiger partial charge in [-0.25, -0.2) is 0 Å². The predicted octanol–water partition coefficient (Wildman–Crippen LogP) is 6.35. The van der Waals surface area contributed by atoms with Gasteiger partial charge in [-0.1, -0.05) is 23.7 Å². The van der Waals surface area contributed by atoms with Crippen LogP contribution in [-0.4, -0.2) is 24.9 Å². The van der Waals surface area contributed by atoms with E-state index in [4.69, 9.17) is 25.5 Å². The molecule has 1 amide bonds. The third kappa shape index (κ3) is 4.92. The van der Waals surface area contributed by atoms with Gasteiger partial charge in [0.2, 0.25) is 5.78 Å². The Morgan fingerprint density at radius 1 is 0.941 bits per heavy atom. The van der Waals surface area contributed by atoms with Crippen LogP contribution in [0, 0.1) is 13.8 Å². The minimum absolute atomic E-state index is 0.0527. The van der Waals surface area contributed by atoms with Crippen molar-refractivity contribution < 1.29 is 23.5 Å². The van der Waals surface area contributed by atoms with E-state index >= 15 is 0 Å². The molecule has 0 fully saturated rings. The largest absolute Gasteiger partial charge is 0.494 e. The number of anilines is 1. The summed E-state index contributed by atoms with van der Waals surface area (Å²) in [6.45, 7) is 5.93. The number of hydrogen-bond acceptors (Lipinski definition) is 5. The van der Waals surface area contributed by atoms with E-state index < -0.39 is 5.91 Å². The van der Waals surface area contributed by atoms with Gasteiger partial charge in [0.25, 0.3) is 5.91 Å². The van der Waals surface area contributed by atoms with Gasteiger partial charge in [-0.3, -0.25) is 9.59 Å². The van der Waals surface area contributed by atoms with E-state index in [1.54, 1.807) is 54.6 Å². The zero-order chi connectivity index (χ0) is 24.2. The molecular weight excluding hydrogens is 454 g/mol. The number of furan rings is 1. The lowest BCUT2D eigenvalue weighted by Gasteiger charge is -2.11. The Kier molecular flexibility index (Phi) is 6.89. The summed E-state index contributed by atoms with van der Waals surface area (Å²) < 4.78 is 17.0. The highest BCUT2D eigenvalue weighted by Crippen LogP contribution is 2.33. The van der Waals surface area contributed by atoms with Crippen LogP contribution in [0.5, 0.6) is 11.5 Å². The first kappa shape index (κ1) is 23.4. The molecule has 0 aliphatic heterocycles. The maximum Gasteiger partial charge on any atom is 0.262 e. The molecule has 0 radical (unpaired) electrons. The number of carbonyl (C=O) groups is 2. The van der Waals surface area contributed by atoms with Crippen LogP contribution < -0.4 is 14.8 Å². The molecule has 1 aromatic heterocycles. The number of hydrogen-bond donors (Lipinski definition) is 1. The van der Waals surface area contributed by atoms with Crippen molar-refractivity contribution in [3.05, 3.63) is 88.1 Å². The van der Waals surface area contributed by atoms with Crippen molar-refractivity contribution >= 4 is 39.9 Å². The van der Waals surface area contributed by atoms with Crippen molar-refractivity contribution in [2.24, 2.45) is 0 Å². The van der Waals surface area contributed by atoms with E-state index in [9.17, 15) is 9.59 Å². The van der Waals surface area contributed by atoms with E-state index in [-0.39, 0.29) is 18.2 Å². The highest BCUT2D eigenvalue weighted by molar-refractivity contribution is 6.32. The van der Waals surface area contributed by atoms with E-state index in [1.807, 2.05) is 26.8 Å². The maximum absolute atomic E-state index is 13.2. The number of aryl methyl sites for hydroxylation is 2. The molecule has 0 saturated heterocycles. The van der Waals surface area contributed by atoms with Crippen molar-refractivity contribution in [3.63, 3.8) is 0 Å². The second-order valence-corrected chi connectivity index (χ2v) is 8.17. The van der Waals surface area contributed by atoms with Crippen LogP contribution in [0.2, 0.25) is 5.02 Å². The van der Waals surface area contributed by atoms with Gasteiger partial charge in [0, 0.05) is 16.0 Å². The van der Waals surface area contributed by atoms with E-state index in [1.165, 1.54) is 0 Å². The molecule has 3 aromatic carbocycles. The molecule has 0 unspecified atom stereocenters. The molecule has 1 heterocycles. The van der Waals surface area contributed by atoms with E-state index in [0.717, 1.165) is 11.1 Å². The third-order valence-corrected chi connectivity index (χ3v) is 5.87. The molecule has 34 heavy (non-hydrogen) atoms. The van der Waals surface area contributed by atoms with Gasteiger partial charge >= 0.3 is 0 Å². The summed E-state index contributed by atoms with van der Waals surface area (Å²) >= 11 is 6.20. The molecular formula is C27H24ClNO5. The van der Waals surface area contributed by atoms with Crippen molar-refractivity contribution in [2.45, 2.75) is 20.8 Å². The van der Waals surface area contributed by atoms with Crippen molar-refractivity contribution in [3.8, 4) is 11.5 Å². The second-order valence-electron chi connectivity index (χ2n) is 7.80. The van der Waals surface area contributed by atoms with E-state index in [2.05, 4.69) is 5.32 Å². The van der Waals surface area contributed by atoms with Gasteiger partial charge in [0.1, 0.15) is 17.1 Å². The number of ether oxygens (including phenoxy) is 2. The molecule has 7 heteroatoms. The zero-order valence-electron chi connectivity index (χ0n) is 19.1. The Balaban J connectivity index is 1.57. The van der Waals surface area contributed by atoms with Gasteiger partial charge in [-0.2, -0.15) is 0 Å². The van der Waals surface area contributed by atoms with Crippen molar-refractivity contribution in [1.82, 2.24) is 0 Å². The Bertz CT molecular complexity index is 1330. The van der Waals surface area contributed by atoms with Gasteiger partial charge in [-0.05, 0) is 80.4 Å². The molecule has 0 spiro atoms. The lowest BCUT2D eigenvalue weighted by atomic mass is 10.1. The van der Waals surface area contributed by atoms with Crippen molar-refractivity contribution in [2.75, 3.05) is 18.5 Å². The Morgan fingerprint density at radius 2 is 1.62 bits per heavy atom. The molecule has 174 valence electrons. The Hall–Kier alpha value is -3.77. The quantitative estimate of drug-likeness (QED) is 0.299. The number of nitrogens with one attached hydrogen (secondary N) is 1. The Labute approximate surface area is 202 Å². The lowest BCUT2D eigenvalue weighted by molar-refractivity contribution is -0.118. The third-order valence-electron chi connectivity index (χ3n) is 5.27. The summed E-state index contributed by atoms with van der Waals surface area (Å²) in [6.07, 6.45) is 0. The first-order valence-electron chi connectivity index (χ1n) is 10.9. The van der Waals surface area contributed by atoms with Crippen LogP contribution in [0.4, 0.5) is 5.69 Å². The summed E-state index contributed by atoms with van der Waals surface area (Å²) in [7, 11) is 0. The molecule has 0 aliphatic rings. The average Bonchev–Trinajstić information content (AvgIpc) is 3.19. The fourth-order valence-corrected chi connectivity index (χ4v) is 3.75. The minimum atomic E-state index is -0.419. The fraction of sp³-hybridized carbons (Fsp3) is 0.185. The summed E-state index contributed by atoms with van der Waals surface area (Å²) in [5.41, 5.74) is 2.95. The number of carbonyl (C=O) groups excluding carboxylic acids is 2. The number of benzene rings is 3. The molecule has 4 aromatic rings. The van der Waals surface area contributed by atoms with Crippen molar-refractivity contribution in [1.29, 1.82) is 0 Å². The van der Waals surface area contributed by atoms with Crippen LogP contribution in [0.1, 0.15) is 34.2 Å². The first-order valence-corrected chi connectivity index (χ1v) is 11.2. The number of ketones is 1. The van der Waals surface area contributed by atoms with Crippen LogP contribution in [-0.2, 0) is 4.79 Å². The summed E-state index contributed by atoms with van der Waals surface area (Å²) in [5.74, 6) is 0.494. The molecule has 0 atom stereocenters. The smallest absolute Gasteiger partial charge is 0.262 e. The molecule has 0 aliphatic carbocycles. The van der Waals surface area contributed by atoms with Gasteiger partial charge in [0.05, 0.1) is 12.3 Å². The monoisotopic (exact) mass is 477 g/mol. The maximum atomic E-state index is 13.2. The number of amides is 1. The number of para-hydroxylation sites is 1. The molecule has 0 saturated carbocycles. The van der Waals surface area contributed by atoms with Gasteiger partial charge in [-0.15, -0.1) is 0 Å². The van der Waals surface area contributed by atoms with Gasteiger partial charge < -0.3 is 19.2 Å². The standard InChI is InChI=1S/C27H24ClNO5/c1-4-32-19-11-9-18(10-12-19)26(31)27-25(21-7-5-6-8-22(21)34-27)29-23(30)15-33-20-13-16(2)24(28)17(3)14-20/h5-14H,4,15H2,1-3H3,(H,29,30). The van der Waals surface area contributed by atoms with Crippen LogP contribution in [0.3, 0.4) is 0 Å². The second kappa shape index (κ2) is 10.0. The van der Waals surface area contributed by atoms with Crippen LogP contribution in [0.25, 0.3) is 11.0 Å². The SMILES string of the molecule is CCOc1ccc(C(=O)c2oc3ccccc3c2NC(=O)COc2cc(C)c(Cl)c(C)c2)cc1. The lowest BCUT2D eigenvalue weighted by Crippen LogP contribution is -2.21. The Morgan fingerprint density at radius 3 is 2.29 bits per heavy atom. The first-order chi connectivity index (χ1) is 16.4. The number of rotatable bonds is 8. The normalized spacial score (nSPS) is 10.8. The summed E-state index contributed by atoms with van der Waals surface area (Å²) in [6, 6.07) is 17.5. The average molecular weight is 478 g/mol. The highest BCUT2D eigenvalue weighted by Gasteiger charge is 2.23. The molecule has 0 bridgehead atoms. The van der Waals surface area contributed by atoms with Crippen LogP contribution in [0.15, 0.2) is 65.1 Å². The molecule has 4 rings (SSSR count). The molecule has 6 nitrogen and oxygen atoms in total. The van der Waals surface area contributed by atoms with Crippen LogP contribution >= 0.6 is 11.6 Å². The minimum Gasteiger partial charge on any atom is -0.494 e. The zero-order valence-corrected chi connectivity index (χ0v) is 19.9. The summed E-state index contributed by atoms with van der Waals surface area (Å²) in [4.78, 5) is 26.0. The summed E-state index contributed by atoms with van der Waals surface area (Å²) in [5, 5.41) is 4.09. The van der Waals surface area contributed by atoms with E-state index in [0.29, 0.717) is 45.3 Å². The topological polar surface area (TPSA) is 77.8 Å². The highest BCUT2D eigenvalue weighted by atomic mass is 35.5. The molecule has 1 N–H and O–H groups in total.